The van der Waals surface area contributed by atoms with Crippen LogP contribution >= 0.6 is 11.3 Å². The predicted octanol–water partition coefficient (Wildman–Crippen LogP) is 2.18. The van der Waals surface area contributed by atoms with Gasteiger partial charge >= 0.3 is 5.97 Å². The number of thiophene rings is 1. The number of carbonyl (C=O) groups excluding carboxylic acids is 2. The molecule has 110 valence electrons. The van der Waals surface area contributed by atoms with Crippen LogP contribution in [0.4, 0.5) is 5.00 Å². The van der Waals surface area contributed by atoms with Crippen LogP contribution in [-0.4, -0.2) is 29.9 Å². The van der Waals surface area contributed by atoms with Crippen LogP contribution in [0.3, 0.4) is 0 Å². The Balaban J connectivity index is 2.99. The lowest BCUT2D eigenvalue weighted by molar-refractivity contribution is -0.117. The number of hydrogen-bond acceptors (Lipinski definition) is 4. The summed E-state index contributed by atoms with van der Waals surface area (Å²) in [5.74, 6) is -1.83. The number of anilines is 1. The Bertz CT molecular complexity index is 543. The molecule has 1 aromatic heterocycles. The zero-order chi connectivity index (χ0) is 15.5. The van der Waals surface area contributed by atoms with Crippen molar-refractivity contribution in [3.05, 3.63) is 16.5 Å². The Kier molecular flexibility index (Phi) is 4.88. The molecule has 0 spiro atoms. The summed E-state index contributed by atoms with van der Waals surface area (Å²) in [5, 5.41) is 14.3. The quantitative estimate of drug-likeness (QED) is 0.794. The third kappa shape index (κ3) is 4.34. The maximum absolute atomic E-state index is 11.9. The lowest BCUT2D eigenvalue weighted by atomic mass is 9.92. The van der Waals surface area contributed by atoms with Gasteiger partial charge in [0.15, 0.2) is 0 Å². The molecule has 0 fully saturated rings. The summed E-state index contributed by atoms with van der Waals surface area (Å²) in [6, 6.07) is 1.26. The Morgan fingerprint density at radius 2 is 1.90 bits per heavy atom. The molecule has 0 aliphatic carbocycles. The van der Waals surface area contributed by atoms with Gasteiger partial charge in [-0.25, -0.2) is 4.79 Å². The average Bonchev–Trinajstić information content (AvgIpc) is 2.69. The Labute approximate surface area is 121 Å². The molecule has 0 unspecified atom stereocenters. The number of nitrogens with one attached hydrogen (secondary N) is 2. The summed E-state index contributed by atoms with van der Waals surface area (Å²) in [7, 11) is 1.46. The summed E-state index contributed by atoms with van der Waals surface area (Å²) in [5.41, 5.74) is -0.273. The standard InChI is InChI=1S/C13H18N2O4S/c1-13(2,3)6-9(16)15-11-7(12(18)19)5-8(20-11)10(17)14-4/h5H,6H2,1-4H3,(H,14,17)(H,15,16)(H,18,19). The monoisotopic (exact) mass is 298 g/mol. The lowest BCUT2D eigenvalue weighted by Gasteiger charge is -2.16. The van der Waals surface area contributed by atoms with Crippen molar-refractivity contribution in [3.63, 3.8) is 0 Å². The predicted molar refractivity (Wildman–Crippen MR) is 77.4 cm³/mol. The first kappa shape index (κ1) is 16.2. The maximum atomic E-state index is 11.9. The van der Waals surface area contributed by atoms with Crippen LogP contribution < -0.4 is 10.6 Å². The first-order valence-corrected chi connectivity index (χ1v) is 6.85. The zero-order valence-electron chi connectivity index (χ0n) is 11.9. The number of aromatic carboxylic acids is 1. The van der Waals surface area contributed by atoms with E-state index in [1.54, 1.807) is 0 Å². The molecule has 0 atom stereocenters. The first-order chi connectivity index (χ1) is 9.14. The molecule has 0 saturated heterocycles. The SMILES string of the molecule is CNC(=O)c1cc(C(=O)O)c(NC(=O)CC(C)(C)C)s1. The smallest absolute Gasteiger partial charge is 0.338 e. The number of rotatable bonds is 4. The third-order valence-corrected chi connectivity index (χ3v) is 3.41. The van der Waals surface area contributed by atoms with Gasteiger partial charge in [-0.1, -0.05) is 20.8 Å². The molecule has 1 heterocycles. The zero-order valence-corrected chi connectivity index (χ0v) is 12.7. The van der Waals surface area contributed by atoms with Gasteiger partial charge in [-0.05, 0) is 11.5 Å². The molecule has 0 saturated carbocycles. The third-order valence-electron chi connectivity index (χ3n) is 2.36. The van der Waals surface area contributed by atoms with E-state index in [4.69, 9.17) is 5.11 Å². The van der Waals surface area contributed by atoms with Crippen molar-refractivity contribution in [1.29, 1.82) is 0 Å². The fourth-order valence-electron chi connectivity index (χ4n) is 1.53. The van der Waals surface area contributed by atoms with Crippen molar-refractivity contribution in [1.82, 2.24) is 5.32 Å². The second-order valence-corrected chi connectivity index (χ2v) is 6.58. The summed E-state index contributed by atoms with van der Waals surface area (Å²) < 4.78 is 0. The molecule has 0 aliphatic heterocycles. The van der Waals surface area contributed by atoms with Gasteiger partial charge in [0.05, 0.1) is 10.4 Å². The van der Waals surface area contributed by atoms with Gasteiger partial charge in [0.2, 0.25) is 5.91 Å². The largest absolute Gasteiger partial charge is 0.478 e. The number of carboxylic acid groups (broad SMARTS) is 1. The van der Waals surface area contributed by atoms with E-state index in [0.29, 0.717) is 0 Å². The van der Waals surface area contributed by atoms with Gasteiger partial charge in [-0.3, -0.25) is 9.59 Å². The molecular weight excluding hydrogens is 280 g/mol. The van der Waals surface area contributed by atoms with Crippen LogP contribution in [0.15, 0.2) is 6.07 Å². The van der Waals surface area contributed by atoms with Crippen LogP contribution in [-0.2, 0) is 4.79 Å². The highest BCUT2D eigenvalue weighted by Gasteiger charge is 2.22. The van der Waals surface area contributed by atoms with Gasteiger partial charge in [0, 0.05) is 13.5 Å². The summed E-state index contributed by atoms with van der Waals surface area (Å²) in [6.07, 6.45) is 0.263. The minimum absolute atomic E-state index is 0.0733. The molecular formula is C13H18N2O4S. The molecule has 3 N–H and O–H groups in total. The van der Waals surface area contributed by atoms with Crippen LogP contribution in [0.5, 0.6) is 0 Å². The fourth-order valence-corrected chi connectivity index (χ4v) is 2.54. The van der Waals surface area contributed by atoms with Crippen molar-refractivity contribution in [3.8, 4) is 0 Å². The van der Waals surface area contributed by atoms with E-state index in [1.165, 1.54) is 13.1 Å². The Hall–Kier alpha value is -1.89. The normalized spacial score (nSPS) is 11.0. The van der Waals surface area contributed by atoms with Gasteiger partial charge < -0.3 is 15.7 Å². The summed E-state index contributed by atoms with van der Waals surface area (Å²) >= 11 is 0.950. The minimum atomic E-state index is -1.18. The number of hydrogen-bond donors (Lipinski definition) is 3. The number of amides is 2. The lowest BCUT2D eigenvalue weighted by Crippen LogP contribution is -2.20. The van der Waals surface area contributed by atoms with Crippen LogP contribution in [0, 0.1) is 5.41 Å². The molecule has 7 heteroatoms. The van der Waals surface area contributed by atoms with E-state index in [1.807, 2.05) is 20.8 Å². The van der Waals surface area contributed by atoms with E-state index >= 15 is 0 Å². The average molecular weight is 298 g/mol. The highest BCUT2D eigenvalue weighted by Crippen LogP contribution is 2.29. The van der Waals surface area contributed by atoms with Crippen molar-refractivity contribution in [2.24, 2.45) is 5.41 Å². The van der Waals surface area contributed by atoms with E-state index in [9.17, 15) is 14.4 Å². The van der Waals surface area contributed by atoms with Gasteiger partial charge in [0.1, 0.15) is 5.00 Å². The molecule has 0 aliphatic rings. The molecule has 1 aromatic rings. The number of carboxylic acids is 1. The van der Waals surface area contributed by atoms with Gasteiger partial charge in [-0.2, -0.15) is 0 Å². The molecule has 20 heavy (non-hydrogen) atoms. The first-order valence-electron chi connectivity index (χ1n) is 6.03. The second-order valence-electron chi connectivity index (χ2n) is 5.52. The second kappa shape index (κ2) is 6.04. The fraction of sp³-hybridized carbons (Fsp3) is 0.462. The number of carbonyl (C=O) groups is 3. The van der Waals surface area contributed by atoms with E-state index < -0.39 is 5.97 Å². The molecule has 1 rings (SSSR count). The highest BCUT2D eigenvalue weighted by atomic mass is 32.1. The van der Waals surface area contributed by atoms with Crippen molar-refractivity contribution < 1.29 is 19.5 Å². The maximum Gasteiger partial charge on any atom is 0.338 e. The van der Waals surface area contributed by atoms with Crippen molar-refractivity contribution in [2.45, 2.75) is 27.2 Å². The molecule has 2 amide bonds. The summed E-state index contributed by atoms with van der Waals surface area (Å²) in [4.78, 5) is 34.7. The minimum Gasteiger partial charge on any atom is -0.478 e. The van der Waals surface area contributed by atoms with Crippen LogP contribution in [0.25, 0.3) is 0 Å². The van der Waals surface area contributed by atoms with E-state index in [-0.39, 0.29) is 39.1 Å². The van der Waals surface area contributed by atoms with Crippen molar-refractivity contribution >= 4 is 34.1 Å². The van der Waals surface area contributed by atoms with Crippen LogP contribution in [0.1, 0.15) is 47.2 Å². The topological polar surface area (TPSA) is 95.5 Å². The Morgan fingerprint density at radius 3 is 2.35 bits per heavy atom. The molecule has 0 bridgehead atoms. The van der Waals surface area contributed by atoms with Gasteiger partial charge in [0.25, 0.3) is 5.91 Å². The highest BCUT2D eigenvalue weighted by molar-refractivity contribution is 7.18. The van der Waals surface area contributed by atoms with Crippen molar-refractivity contribution in [2.75, 3.05) is 12.4 Å². The van der Waals surface area contributed by atoms with E-state index in [2.05, 4.69) is 10.6 Å². The molecule has 0 aromatic carbocycles. The van der Waals surface area contributed by atoms with Crippen LogP contribution in [0.2, 0.25) is 0 Å². The Morgan fingerprint density at radius 1 is 1.30 bits per heavy atom. The molecule has 6 nitrogen and oxygen atoms in total. The summed E-state index contributed by atoms with van der Waals surface area (Å²) in [6.45, 7) is 5.74. The molecule has 0 radical (unpaired) electrons. The van der Waals surface area contributed by atoms with Gasteiger partial charge in [-0.15, -0.1) is 11.3 Å². The van der Waals surface area contributed by atoms with E-state index in [0.717, 1.165) is 11.3 Å².